The summed E-state index contributed by atoms with van der Waals surface area (Å²) in [6.45, 7) is 0. The van der Waals surface area contributed by atoms with Crippen LogP contribution in [0, 0.1) is 0 Å². The molecule has 0 radical (unpaired) electrons. The Balaban J connectivity index is 2.54. The van der Waals surface area contributed by atoms with E-state index in [1.165, 1.54) is 12.3 Å². The van der Waals surface area contributed by atoms with Crippen LogP contribution in [0.4, 0.5) is 0 Å². The second-order valence-corrected chi connectivity index (χ2v) is 7.02. The summed E-state index contributed by atoms with van der Waals surface area (Å²) in [6.07, 6.45) is 3.40. The van der Waals surface area contributed by atoms with E-state index in [4.69, 9.17) is 10.7 Å². The minimum absolute atomic E-state index is 0.316. The van der Waals surface area contributed by atoms with Gasteiger partial charge in [-0.2, -0.15) is 0 Å². The molecule has 0 N–H and O–H groups in total. The van der Waals surface area contributed by atoms with Crippen LogP contribution in [0.2, 0.25) is 0 Å². The van der Waals surface area contributed by atoms with Gasteiger partial charge in [-0.3, -0.25) is 0 Å². The third kappa shape index (κ3) is 1.37. The Hall–Kier alpha value is -0.460. The van der Waals surface area contributed by atoms with Crippen LogP contribution >= 0.6 is 22.4 Å². The van der Waals surface area contributed by atoms with Crippen molar-refractivity contribution in [2.24, 2.45) is 0 Å². The van der Waals surface area contributed by atoms with Gasteiger partial charge in [0.2, 0.25) is 0 Å². The van der Waals surface area contributed by atoms with E-state index in [0.717, 1.165) is 11.8 Å². The van der Waals surface area contributed by atoms with Gasteiger partial charge in [0.25, 0.3) is 9.05 Å². The summed E-state index contributed by atoms with van der Waals surface area (Å²) >= 11 is 1.13. The molecule has 76 valence electrons. The highest BCUT2D eigenvalue weighted by Gasteiger charge is 2.48. The molecule has 1 aromatic rings. The minimum Gasteiger partial charge on any atom is -0.364 e. The molecule has 0 bridgehead atoms. The molecule has 2 rings (SSSR count). The Morgan fingerprint density at radius 1 is 1.64 bits per heavy atom. The number of thioether (sulfide) groups is 1. The fourth-order valence-electron chi connectivity index (χ4n) is 1.27. The summed E-state index contributed by atoms with van der Waals surface area (Å²) < 4.78 is 26.4. The molecule has 4 nitrogen and oxygen atoms in total. The molecule has 14 heavy (non-hydrogen) atoms. The monoisotopic (exact) mass is 251 g/mol. The Morgan fingerprint density at radius 2 is 2.43 bits per heavy atom. The van der Waals surface area contributed by atoms with Gasteiger partial charge in [0.15, 0.2) is 4.08 Å². The summed E-state index contributed by atoms with van der Waals surface area (Å²) in [5, 5.41) is 5.34. The van der Waals surface area contributed by atoms with Crippen molar-refractivity contribution in [3.63, 3.8) is 0 Å². The van der Waals surface area contributed by atoms with Crippen molar-refractivity contribution in [1.29, 1.82) is 0 Å². The predicted octanol–water partition coefficient (Wildman–Crippen LogP) is 2.05. The van der Waals surface area contributed by atoms with Gasteiger partial charge in [0, 0.05) is 23.2 Å². The van der Waals surface area contributed by atoms with Gasteiger partial charge in [-0.05, 0) is 5.41 Å². The Morgan fingerprint density at radius 3 is 2.86 bits per heavy atom. The van der Waals surface area contributed by atoms with Gasteiger partial charge < -0.3 is 4.52 Å². The van der Waals surface area contributed by atoms with Crippen molar-refractivity contribution in [3.05, 3.63) is 29.5 Å². The molecular weight excluding hydrogens is 246 g/mol. The second-order valence-electron chi connectivity index (χ2n) is 2.77. The lowest BCUT2D eigenvalue weighted by Gasteiger charge is -2.20. The van der Waals surface area contributed by atoms with Crippen LogP contribution in [0.1, 0.15) is 12.1 Å². The fourth-order valence-corrected chi connectivity index (χ4v) is 4.13. The van der Waals surface area contributed by atoms with Gasteiger partial charge in [0.1, 0.15) is 12.0 Å². The van der Waals surface area contributed by atoms with Crippen molar-refractivity contribution in [1.82, 2.24) is 5.16 Å². The first-order chi connectivity index (χ1) is 6.56. The van der Waals surface area contributed by atoms with Crippen LogP contribution in [0.15, 0.2) is 28.3 Å². The molecule has 1 aliphatic rings. The molecule has 0 saturated carbocycles. The van der Waals surface area contributed by atoms with E-state index in [9.17, 15) is 8.42 Å². The van der Waals surface area contributed by atoms with Gasteiger partial charge in [0.05, 0.1) is 0 Å². The van der Waals surface area contributed by atoms with Crippen molar-refractivity contribution in [2.75, 3.05) is 0 Å². The molecule has 0 saturated heterocycles. The Kier molecular flexibility index (Phi) is 2.36. The molecule has 7 heteroatoms. The van der Waals surface area contributed by atoms with Crippen molar-refractivity contribution in [2.45, 2.75) is 10.5 Å². The number of rotatable bonds is 2. The lowest BCUT2D eigenvalue weighted by Crippen LogP contribution is -2.26. The molecule has 1 aromatic heterocycles. The third-order valence-corrected chi connectivity index (χ3v) is 6.22. The van der Waals surface area contributed by atoms with Crippen LogP contribution in [0.5, 0.6) is 0 Å². The van der Waals surface area contributed by atoms with E-state index < -0.39 is 13.1 Å². The highest BCUT2D eigenvalue weighted by atomic mass is 35.7. The molecule has 0 amide bonds. The number of aromatic nitrogens is 1. The third-order valence-electron chi connectivity index (χ3n) is 1.96. The highest BCUT2D eigenvalue weighted by molar-refractivity contribution is 8.25. The summed E-state index contributed by atoms with van der Waals surface area (Å²) in [5.74, 6) is 0. The second kappa shape index (κ2) is 3.29. The SMILES string of the molecule is O=S(=O)(Cl)C1(c2ccon2)CC=CS1. The molecular formula is C7H6ClNO3S2. The molecule has 1 atom stereocenters. The van der Waals surface area contributed by atoms with Gasteiger partial charge >= 0.3 is 0 Å². The molecule has 1 aliphatic heterocycles. The van der Waals surface area contributed by atoms with E-state index >= 15 is 0 Å². The Labute approximate surface area is 89.7 Å². The topological polar surface area (TPSA) is 60.2 Å². The minimum atomic E-state index is -3.74. The zero-order valence-electron chi connectivity index (χ0n) is 6.88. The van der Waals surface area contributed by atoms with E-state index in [-0.39, 0.29) is 0 Å². The van der Waals surface area contributed by atoms with E-state index in [1.54, 1.807) is 11.5 Å². The Bertz CT molecular complexity index is 443. The number of nitrogens with zero attached hydrogens (tertiary/aromatic N) is 1. The molecule has 2 heterocycles. The van der Waals surface area contributed by atoms with Crippen LogP contribution in [0.3, 0.4) is 0 Å². The average Bonchev–Trinajstić information content (AvgIpc) is 2.74. The van der Waals surface area contributed by atoms with Crippen LogP contribution < -0.4 is 0 Å². The quantitative estimate of drug-likeness (QED) is 0.753. The van der Waals surface area contributed by atoms with Crippen molar-refractivity contribution in [3.8, 4) is 0 Å². The summed E-state index contributed by atoms with van der Waals surface area (Å²) in [4.78, 5) is 0. The summed E-state index contributed by atoms with van der Waals surface area (Å²) in [6, 6.07) is 1.51. The standard InChI is InChI=1S/C7H6ClNO3S2/c8-14(10,11)7(3-1-5-13-7)6-2-4-12-9-6/h1-2,4-5H,3H2. The van der Waals surface area contributed by atoms with Gasteiger partial charge in [-0.25, -0.2) is 8.42 Å². The molecule has 0 fully saturated rings. The smallest absolute Gasteiger partial charge is 0.254 e. The number of halogens is 1. The number of allylic oxidation sites excluding steroid dienone is 1. The van der Waals surface area contributed by atoms with Crippen LogP contribution in [-0.2, 0) is 13.1 Å². The lowest BCUT2D eigenvalue weighted by molar-refractivity contribution is 0.408. The summed E-state index contributed by atoms with van der Waals surface area (Å²) in [7, 11) is 1.68. The van der Waals surface area contributed by atoms with Crippen molar-refractivity contribution < 1.29 is 12.9 Å². The van der Waals surface area contributed by atoms with E-state index in [0.29, 0.717) is 12.1 Å². The molecule has 0 aromatic carbocycles. The normalized spacial score (nSPS) is 26.9. The zero-order valence-corrected chi connectivity index (χ0v) is 9.27. The maximum atomic E-state index is 11.5. The van der Waals surface area contributed by atoms with Gasteiger partial charge in [-0.15, -0.1) is 11.8 Å². The summed E-state index contributed by atoms with van der Waals surface area (Å²) in [5.41, 5.74) is 0.336. The first kappa shape index (κ1) is 10.1. The van der Waals surface area contributed by atoms with E-state index in [2.05, 4.69) is 9.68 Å². The number of hydrogen-bond donors (Lipinski definition) is 0. The first-order valence-corrected chi connectivity index (χ1v) is 6.93. The molecule has 0 spiro atoms. The molecule has 0 aliphatic carbocycles. The van der Waals surface area contributed by atoms with Gasteiger partial charge in [-0.1, -0.05) is 11.2 Å². The predicted molar refractivity (Wildman–Crippen MR) is 54.3 cm³/mol. The highest BCUT2D eigenvalue weighted by Crippen LogP contribution is 2.50. The molecule has 1 unspecified atom stereocenters. The number of hydrogen-bond acceptors (Lipinski definition) is 5. The maximum Gasteiger partial charge on any atom is 0.254 e. The zero-order chi connectivity index (χ0) is 10.2. The van der Waals surface area contributed by atoms with E-state index in [1.807, 2.05) is 0 Å². The van der Waals surface area contributed by atoms with Crippen LogP contribution in [-0.4, -0.2) is 13.6 Å². The maximum absolute atomic E-state index is 11.5. The lowest BCUT2D eigenvalue weighted by atomic mass is 10.2. The first-order valence-electron chi connectivity index (χ1n) is 3.74. The van der Waals surface area contributed by atoms with Crippen molar-refractivity contribution >= 4 is 31.5 Å². The largest absolute Gasteiger partial charge is 0.364 e. The average molecular weight is 252 g/mol. The van der Waals surface area contributed by atoms with Crippen LogP contribution in [0.25, 0.3) is 0 Å². The fraction of sp³-hybridized carbons (Fsp3) is 0.286.